The molecule has 0 amide bonds. The maximum absolute atomic E-state index is 9.97. The maximum atomic E-state index is 9.97. The topological polar surface area (TPSA) is 73.8 Å². The van der Waals surface area contributed by atoms with Gasteiger partial charge in [0, 0.05) is 12.5 Å². The molecule has 0 aromatic carbocycles. The fourth-order valence-corrected chi connectivity index (χ4v) is 3.04. The minimum Gasteiger partial charge on any atom is -0.379 e. The highest BCUT2D eigenvalue weighted by Crippen LogP contribution is 2.41. The smallest absolute Gasteiger partial charge is 0.110 e. The Labute approximate surface area is 109 Å². The fourth-order valence-electron chi connectivity index (χ4n) is 3.04. The normalized spacial score (nSPS) is 40.5. The van der Waals surface area contributed by atoms with Gasteiger partial charge in [0.1, 0.15) is 12.5 Å². The molecule has 1 saturated carbocycles. The molecular formula is C13H26N2O3. The minimum atomic E-state index is -0.581. The Kier molecular flexibility index (Phi) is 5.38. The first-order valence-corrected chi connectivity index (χ1v) is 7.10. The number of hydrogen-bond acceptors (Lipinski definition) is 5. The monoisotopic (exact) mass is 258 g/mol. The summed E-state index contributed by atoms with van der Waals surface area (Å²) in [4.78, 5) is 0. The summed E-state index contributed by atoms with van der Waals surface area (Å²) >= 11 is 0. The summed E-state index contributed by atoms with van der Waals surface area (Å²) in [6.07, 6.45) is 4.06. The zero-order valence-corrected chi connectivity index (χ0v) is 11.1. The number of nitrogens with one attached hydrogen (secondary N) is 2. The molecule has 2 aliphatic rings. The van der Waals surface area contributed by atoms with Crippen LogP contribution in [-0.4, -0.2) is 49.0 Å². The third kappa shape index (κ3) is 3.42. The van der Waals surface area contributed by atoms with Crippen molar-refractivity contribution in [3.05, 3.63) is 0 Å². The van der Waals surface area contributed by atoms with Crippen molar-refractivity contribution >= 4 is 0 Å². The van der Waals surface area contributed by atoms with Crippen LogP contribution in [0.5, 0.6) is 0 Å². The van der Waals surface area contributed by atoms with E-state index in [0.29, 0.717) is 12.0 Å². The number of aliphatic hydroxyl groups is 2. The highest BCUT2D eigenvalue weighted by Gasteiger charge is 2.42. The predicted octanol–water partition coefficient (Wildman–Crippen LogP) is 0.0275. The Bertz CT molecular complexity index is 252. The summed E-state index contributed by atoms with van der Waals surface area (Å²) in [6, 6.07) is 0. The van der Waals surface area contributed by atoms with Crippen LogP contribution in [0.1, 0.15) is 32.1 Å². The molecule has 5 nitrogen and oxygen atoms in total. The lowest BCUT2D eigenvalue weighted by molar-refractivity contribution is -0.123. The summed E-state index contributed by atoms with van der Waals surface area (Å²) in [5.74, 6) is 0.686. The van der Waals surface area contributed by atoms with Crippen molar-refractivity contribution in [3.8, 4) is 0 Å². The van der Waals surface area contributed by atoms with Gasteiger partial charge in [-0.15, -0.1) is 0 Å². The molecule has 4 N–H and O–H groups in total. The van der Waals surface area contributed by atoms with E-state index in [1.807, 2.05) is 7.05 Å². The molecule has 2 fully saturated rings. The van der Waals surface area contributed by atoms with Crippen LogP contribution in [0.2, 0.25) is 0 Å². The Morgan fingerprint density at radius 1 is 1.17 bits per heavy atom. The number of piperidine rings is 1. The highest BCUT2D eigenvalue weighted by molar-refractivity contribution is 4.91. The molecule has 0 radical (unpaired) electrons. The summed E-state index contributed by atoms with van der Waals surface area (Å²) in [5, 5.41) is 25.3. The van der Waals surface area contributed by atoms with Crippen LogP contribution in [0.15, 0.2) is 0 Å². The second-order valence-corrected chi connectivity index (χ2v) is 5.48. The van der Waals surface area contributed by atoms with E-state index >= 15 is 0 Å². The average Bonchev–Trinajstić information content (AvgIpc) is 2.31. The van der Waals surface area contributed by atoms with Gasteiger partial charge in [-0.25, -0.2) is 0 Å². The molecule has 0 spiro atoms. The lowest BCUT2D eigenvalue weighted by Gasteiger charge is -2.45. The van der Waals surface area contributed by atoms with E-state index in [-0.39, 0.29) is 5.92 Å². The summed E-state index contributed by atoms with van der Waals surface area (Å²) < 4.78 is 5.88. The molecule has 2 rings (SSSR count). The van der Waals surface area contributed by atoms with Gasteiger partial charge >= 0.3 is 0 Å². The Balaban J connectivity index is 1.72. The van der Waals surface area contributed by atoms with Gasteiger partial charge in [0.2, 0.25) is 0 Å². The fraction of sp³-hybridized carbons (Fsp3) is 1.00. The molecule has 0 bridgehead atoms. The van der Waals surface area contributed by atoms with Crippen molar-refractivity contribution < 1.29 is 14.9 Å². The Morgan fingerprint density at radius 2 is 1.94 bits per heavy atom. The van der Waals surface area contributed by atoms with Crippen molar-refractivity contribution in [3.63, 3.8) is 0 Å². The lowest BCUT2D eigenvalue weighted by Crippen LogP contribution is -2.54. The van der Waals surface area contributed by atoms with E-state index in [4.69, 9.17) is 4.74 Å². The molecule has 1 saturated heterocycles. The van der Waals surface area contributed by atoms with Crippen molar-refractivity contribution in [1.82, 2.24) is 10.6 Å². The quantitative estimate of drug-likeness (QED) is 0.506. The van der Waals surface area contributed by atoms with Crippen LogP contribution in [-0.2, 0) is 4.74 Å². The predicted molar refractivity (Wildman–Crippen MR) is 68.9 cm³/mol. The first kappa shape index (κ1) is 14.2. The zero-order valence-electron chi connectivity index (χ0n) is 11.1. The average molecular weight is 258 g/mol. The highest BCUT2D eigenvalue weighted by atomic mass is 16.5. The van der Waals surface area contributed by atoms with Gasteiger partial charge in [0.15, 0.2) is 0 Å². The van der Waals surface area contributed by atoms with Gasteiger partial charge in [0.05, 0.1) is 6.10 Å². The van der Waals surface area contributed by atoms with E-state index in [1.165, 1.54) is 0 Å². The summed E-state index contributed by atoms with van der Waals surface area (Å²) in [5.41, 5.74) is 0. The Hall–Kier alpha value is -0.200. The van der Waals surface area contributed by atoms with Crippen molar-refractivity contribution in [2.75, 3.05) is 20.2 Å². The third-order valence-corrected chi connectivity index (χ3v) is 4.26. The minimum absolute atomic E-state index is 0.233. The van der Waals surface area contributed by atoms with E-state index < -0.39 is 12.5 Å². The van der Waals surface area contributed by atoms with Crippen molar-refractivity contribution in [1.29, 1.82) is 0 Å². The van der Waals surface area contributed by atoms with E-state index in [9.17, 15) is 10.2 Å². The SMILES string of the molecule is CNCCCOC1CCC1C1CCC(O)NC1O. The van der Waals surface area contributed by atoms with Crippen LogP contribution in [0, 0.1) is 11.8 Å². The van der Waals surface area contributed by atoms with E-state index in [0.717, 1.165) is 45.3 Å². The lowest BCUT2D eigenvalue weighted by atomic mass is 9.70. The molecule has 5 atom stereocenters. The maximum Gasteiger partial charge on any atom is 0.110 e. The molecule has 0 aromatic heterocycles. The molecule has 0 aromatic rings. The molecule has 18 heavy (non-hydrogen) atoms. The van der Waals surface area contributed by atoms with Crippen LogP contribution in [0.3, 0.4) is 0 Å². The van der Waals surface area contributed by atoms with Gasteiger partial charge in [-0.2, -0.15) is 0 Å². The largest absolute Gasteiger partial charge is 0.379 e. The molecule has 5 heteroatoms. The molecule has 5 unspecified atom stereocenters. The third-order valence-electron chi connectivity index (χ3n) is 4.26. The number of ether oxygens (including phenoxy) is 1. The van der Waals surface area contributed by atoms with E-state index in [1.54, 1.807) is 0 Å². The molecule has 1 aliphatic heterocycles. The molecular weight excluding hydrogens is 232 g/mol. The van der Waals surface area contributed by atoms with Gasteiger partial charge in [-0.3, -0.25) is 5.32 Å². The van der Waals surface area contributed by atoms with Crippen LogP contribution < -0.4 is 10.6 Å². The number of hydrogen-bond donors (Lipinski definition) is 4. The molecule has 1 aliphatic carbocycles. The van der Waals surface area contributed by atoms with Crippen molar-refractivity contribution in [2.24, 2.45) is 11.8 Å². The zero-order chi connectivity index (χ0) is 13.0. The van der Waals surface area contributed by atoms with Gasteiger partial charge in [0.25, 0.3) is 0 Å². The number of aliphatic hydroxyl groups excluding tert-OH is 2. The molecule has 1 heterocycles. The second-order valence-electron chi connectivity index (χ2n) is 5.48. The van der Waals surface area contributed by atoms with Gasteiger partial charge in [-0.05, 0) is 51.6 Å². The van der Waals surface area contributed by atoms with Gasteiger partial charge in [-0.1, -0.05) is 0 Å². The van der Waals surface area contributed by atoms with E-state index in [2.05, 4.69) is 10.6 Å². The standard InChI is InChI=1S/C13H26N2O3/c1-14-7-2-8-18-11-5-3-9(11)10-4-6-12(16)15-13(10)17/h9-17H,2-8H2,1H3. The van der Waals surface area contributed by atoms with Crippen LogP contribution in [0.4, 0.5) is 0 Å². The van der Waals surface area contributed by atoms with Crippen molar-refractivity contribution in [2.45, 2.75) is 50.7 Å². The van der Waals surface area contributed by atoms with Crippen LogP contribution >= 0.6 is 0 Å². The van der Waals surface area contributed by atoms with Gasteiger partial charge < -0.3 is 20.3 Å². The molecule has 106 valence electrons. The number of rotatable bonds is 6. The first-order valence-electron chi connectivity index (χ1n) is 7.10. The Morgan fingerprint density at radius 3 is 2.56 bits per heavy atom. The first-order chi connectivity index (χ1) is 8.72. The second kappa shape index (κ2) is 6.82. The summed E-state index contributed by atoms with van der Waals surface area (Å²) in [7, 11) is 1.95. The summed E-state index contributed by atoms with van der Waals surface area (Å²) in [6.45, 7) is 1.78. The van der Waals surface area contributed by atoms with Crippen LogP contribution in [0.25, 0.3) is 0 Å².